The first-order valence-electron chi connectivity index (χ1n) is 5.96. The van der Waals surface area contributed by atoms with Crippen LogP contribution in [0.25, 0.3) is 0 Å². The number of rotatable bonds is 5. The third kappa shape index (κ3) is 4.78. The number of Topliss-reactive ketones (excluding diaryl/α,β-unsaturated/α-hetero) is 1. The topological polar surface area (TPSA) is 29.1 Å². The zero-order chi connectivity index (χ0) is 12.3. The van der Waals surface area contributed by atoms with Crippen molar-refractivity contribution in [1.82, 2.24) is 5.32 Å². The van der Waals surface area contributed by atoms with E-state index in [0.29, 0.717) is 5.78 Å². The molecule has 1 unspecified atom stereocenters. The molecule has 1 N–H and O–H groups in total. The minimum atomic E-state index is -0.209. The summed E-state index contributed by atoms with van der Waals surface area (Å²) in [5.41, 5.74) is -0.209. The normalized spacial score (nSPS) is 15.1. The van der Waals surface area contributed by atoms with E-state index in [0.717, 1.165) is 12.8 Å². The molecule has 0 aliphatic carbocycles. The molecule has 0 amide bonds. The fourth-order valence-corrected chi connectivity index (χ4v) is 1.52. The van der Waals surface area contributed by atoms with E-state index in [1.807, 2.05) is 13.8 Å². The first-order valence-corrected chi connectivity index (χ1v) is 5.96. The van der Waals surface area contributed by atoms with Crippen LogP contribution < -0.4 is 5.32 Å². The number of carbonyl (C=O) groups is 1. The Kier molecular flexibility index (Phi) is 4.98. The van der Waals surface area contributed by atoms with Crippen LogP contribution in [0.5, 0.6) is 0 Å². The maximum absolute atomic E-state index is 12.2. The van der Waals surface area contributed by atoms with Crippen LogP contribution in [0.15, 0.2) is 0 Å². The Hall–Kier alpha value is -0.370. The summed E-state index contributed by atoms with van der Waals surface area (Å²) in [5, 5.41) is 3.40. The fourth-order valence-electron chi connectivity index (χ4n) is 1.52. The Balaban J connectivity index is 4.63. The number of hydrogen-bond donors (Lipinski definition) is 1. The van der Waals surface area contributed by atoms with Crippen molar-refractivity contribution in [3.05, 3.63) is 0 Å². The number of carbonyl (C=O) groups excluding carboxylic acids is 1. The quantitative estimate of drug-likeness (QED) is 0.760. The van der Waals surface area contributed by atoms with Crippen molar-refractivity contribution in [1.29, 1.82) is 0 Å². The summed E-state index contributed by atoms with van der Waals surface area (Å²) in [6.45, 7) is 14.5. The minimum absolute atomic E-state index is 0.000157. The first kappa shape index (κ1) is 14.6. The van der Waals surface area contributed by atoms with E-state index in [-0.39, 0.29) is 17.0 Å². The molecule has 0 aliphatic rings. The van der Waals surface area contributed by atoms with Crippen molar-refractivity contribution in [2.75, 3.05) is 0 Å². The smallest absolute Gasteiger partial charge is 0.155 e. The predicted octanol–water partition coefficient (Wildman–Crippen LogP) is 3.16. The van der Waals surface area contributed by atoms with Crippen molar-refractivity contribution in [3.63, 3.8) is 0 Å². The molecule has 0 rings (SSSR count). The van der Waals surface area contributed by atoms with Gasteiger partial charge in [-0.25, -0.2) is 0 Å². The highest BCUT2D eigenvalue weighted by molar-refractivity contribution is 5.89. The van der Waals surface area contributed by atoms with E-state index >= 15 is 0 Å². The Morgan fingerprint density at radius 2 is 1.60 bits per heavy atom. The standard InChI is InChI=1S/C13H27NO/c1-8-10(14-12(3,4)5)11(15)13(6,7)9-2/h10,14H,8-9H2,1-7H3. The molecular formula is C13H27NO. The van der Waals surface area contributed by atoms with Gasteiger partial charge in [0.05, 0.1) is 6.04 Å². The van der Waals surface area contributed by atoms with Crippen LogP contribution in [0.4, 0.5) is 0 Å². The van der Waals surface area contributed by atoms with Crippen LogP contribution in [-0.2, 0) is 4.79 Å². The molecule has 0 heterocycles. The fraction of sp³-hybridized carbons (Fsp3) is 0.923. The maximum atomic E-state index is 12.2. The van der Waals surface area contributed by atoms with Gasteiger partial charge in [0.1, 0.15) is 0 Å². The number of ketones is 1. The molecule has 2 nitrogen and oxygen atoms in total. The second-order valence-corrected chi connectivity index (χ2v) is 5.96. The number of nitrogens with one attached hydrogen (secondary N) is 1. The van der Waals surface area contributed by atoms with Gasteiger partial charge in [0.2, 0.25) is 0 Å². The highest BCUT2D eigenvalue weighted by Crippen LogP contribution is 2.24. The molecule has 0 radical (unpaired) electrons. The van der Waals surface area contributed by atoms with Gasteiger partial charge >= 0.3 is 0 Å². The van der Waals surface area contributed by atoms with E-state index in [1.54, 1.807) is 0 Å². The van der Waals surface area contributed by atoms with E-state index in [9.17, 15) is 4.79 Å². The average molecular weight is 213 g/mol. The average Bonchev–Trinajstić information content (AvgIpc) is 2.11. The minimum Gasteiger partial charge on any atom is -0.303 e. The lowest BCUT2D eigenvalue weighted by molar-refractivity contribution is -0.130. The molecule has 0 spiro atoms. The highest BCUT2D eigenvalue weighted by atomic mass is 16.1. The molecule has 0 fully saturated rings. The Morgan fingerprint density at radius 1 is 1.13 bits per heavy atom. The first-order chi connectivity index (χ1) is 6.64. The maximum Gasteiger partial charge on any atom is 0.155 e. The molecule has 0 aliphatic heterocycles. The molecule has 0 saturated carbocycles. The second kappa shape index (κ2) is 5.11. The van der Waals surface area contributed by atoms with Crippen molar-refractivity contribution in [3.8, 4) is 0 Å². The summed E-state index contributed by atoms with van der Waals surface area (Å²) in [7, 11) is 0. The SMILES string of the molecule is CCC(NC(C)(C)C)C(=O)C(C)(C)CC. The van der Waals surface area contributed by atoms with Gasteiger partial charge in [-0.15, -0.1) is 0 Å². The van der Waals surface area contributed by atoms with Crippen LogP contribution >= 0.6 is 0 Å². The predicted molar refractivity (Wildman–Crippen MR) is 66.0 cm³/mol. The van der Waals surface area contributed by atoms with Gasteiger partial charge in [-0.3, -0.25) is 4.79 Å². The zero-order valence-corrected chi connectivity index (χ0v) is 11.4. The molecule has 15 heavy (non-hydrogen) atoms. The molecule has 0 aromatic rings. The van der Waals surface area contributed by atoms with E-state index in [1.165, 1.54) is 0 Å². The van der Waals surface area contributed by atoms with Gasteiger partial charge in [-0.2, -0.15) is 0 Å². The molecule has 0 saturated heterocycles. The molecular weight excluding hydrogens is 186 g/mol. The summed E-state index contributed by atoms with van der Waals surface area (Å²) in [6.07, 6.45) is 1.76. The van der Waals surface area contributed by atoms with Crippen LogP contribution in [0.3, 0.4) is 0 Å². The van der Waals surface area contributed by atoms with Gasteiger partial charge in [0.15, 0.2) is 5.78 Å². The van der Waals surface area contributed by atoms with Gasteiger partial charge < -0.3 is 5.32 Å². The molecule has 90 valence electrons. The lowest BCUT2D eigenvalue weighted by Gasteiger charge is -2.32. The molecule has 1 atom stereocenters. The van der Waals surface area contributed by atoms with E-state index < -0.39 is 0 Å². The Morgan fingerprint density at radius 3 is 1.87 bits per heavy atom. The van der Waals surface area contributed by atoms with E-state index in [2.05, 4.69) is 39.9 Å². The van der Waals surface area contributed by atoms with Gasteiger partial charge in [0.25, 0.3) is 0 Å². The Bertz CT molecular complexity index is 213. The van der Waals surface area contributed by atoms with E-state index in [4.69, 9.17) is 0 Å². The lowest BCUT2D eigenvalue weighted by atomic mass is 9.80. The molecule has 0 aromatic heterocycles. The monoisotopic (exact) mass is 213 g/mol. The summed E-state index contributed by atoms with van der Waals surface area (Å²) >= 11 is 0. The van der Waals surface area contributed by atoms with Crippen molar-refractivity contribution in [2.24, 2.45) is 5.41 Å². The lowest BCUT2D eigenvalue weighted by Crippen LogP contribution is -2.50. The third-order valence-corrected chi connectivity index (χ3v) is 2.88. The molecule has 2 heteroatoms. The zero-order valence-electron chi connectivity index (χ0n) is 11.4. The Labute approximate surface area is 94.8 Å². The van der Waals surface area contributed by atoms with Crippen LogP contribution in [0.1, 0.15) is 61.3 Å². The van der Waals surface area contributed by atoms with Crippen LogP contribution in [0.2, 0.25) is 0 Å². The second-order valence-electron chi connectivity index (χ2n) is 5.96. The third-order valence-electron chi connectivity index (χ3n) is 2.88. The van der Waals surface area contributed by atoms with Gasteiger partial charge in [-0.1, -0.05) is 27.7 Å². The van der Waals surface area contributed by atoms with Crippen LogP contribution in [0, 0.1) is 5.41 Å². The summed E-state index contributed by atoms with van der Waals surface area (Å²) in [6, 6.07) is -0.0139. The van der Waals surface area contributed by atoms with Gasteiger partial charge in [0, 0.05) is 11.0 Å². The van der Waals surface area contributed by atoms with Gasteiger partial charge in [-0.05, 0) is 33.6 Å². The summed E-state index contributed by atoms with van der Waals surface area (Å²) in [4.78, 5) is 12.2. The summed E-state index contributed by atoms with van der Waals surface area (Å²) < 4.78 is 0. The molecule has 0 aromatic carbocycles. The highest BCUT2D eigenvalue weighted by Gasteiger charge is 2.32. The van der Waals surface area contributed by atoms with Crippen molar-refractivity contribution < 1.29 is 4.79 Å². The van der Waals surface area contributed by atoms with Crippen LogP contribution in [-0.4, -0.2) is 17.4 Å². The molecule has 0 bridgehead atoms. The summed E-state index contributed by atoms with van der Waals surface area (Å²) in [5.74, 6) is 0.336. The number of hydrogen-bond acceptors (Lipinski definition) is 2. The van der Waals surface area contributed by atoms with Crippen molar-refractivity contribution in [2.45, 2.75) is 72.9 Å². The van der Waals surface area contributed by atoms with Crippen molar-refractivity contribution >= 4 is 5.78 Å². The largest absolute Gasteiger partial charge is 0.303 e.